The molecule has 168 valence electrons. The number of rotatable bonds is 8. The number of hydrogen-bond donors (Lipinski definition) is 0. The normalized spacial score (nSPS) is 21.2. The van der Waals surface area contributed by atoms with Crippen molar-refractivity contribution in [3.8, 4) is 5.75 Å². The molecule has 0 N–H and O–H groups in total. The van der Waals surface area contributed by atoms with Crippen molar-refractivity contribution < 1.29 is 18.7 Å². The van der Waals surface area contributed by atoms with Crippen LogP contribution in [-0.2, 0) is 21.5 Å². The molecule has 0 saturated carbocycles. The van der Waals surface area contributed by atoms with Crippen molar-refractivity contribution in [2.45, 2.75) is 58.1 Å². The summed E-state index contributed by atoms with van der Waals surface area (Å²) in [6.45, 7) is 7.42. The number of carbonyl (C=O) groups is 1. The lowest BCUT2D eigenvalue weighted by Crippen LogP contribution is -2.43. The number of hydrogen-bond acceptors (Lipinski definition) is 3. The molecule has 0 aliphatic carbocycles. The molecule has 2 aromatic rings. The summed E-state index contributed by atoms with van der Waals surface area (Å²) in [4.78, 5) is 14.2. The summed E-state index contributed by atoms with van der Waals surface area (Å²) in [5.74, 6) is 0.942. The highest BCUT2D eigenvalue weighted by atomic mass is 19.1. The molecule has 0 bridgehead atoms. The number of halogens is 1. The zero-order chi connectivity index (χ0) is 22.4. The van der Waals surface area contributed by atoms with Crippen molar-refractivity contribution in [1.82, 2.24) is 4.90 Å². The van der Waals surface area contributed by atoms with Gasteiger partial charge in [0.1, 0.15) is 11.6 Å². The molecular weight excluding hydrogens is 393 g/mol. The van der Waals surface area contributed by atoms with Crippen LogP contribution in [0.2, 0.25) is 0 Å². The van der Waals surface area contributed by atoms with Crippen LogP contribution in [0.5, 0.6) is 5.75 Å². The van der Waals surface area contributed by atoms with E-state index in [1.54, 1.807) is 37.1 Å². The van der Waals surface area contributed by atoms with Crippen LogP contribution in [0, 0.1) is 11.7 Å². The van der Waals surface area contributed by atoms with Gasteiger partial charge in [0.15, 0.2) is 0 Å². The summed E-state index contributed by atoms with van der Waals surface area (Å²) >= 11 is 0. The van der Waals surface area contributed by atoms with Gasteiger partial charge in [-0.15, -0.1) is 0 Å². The summed E-state index contributed by atoms with van der Waals surface area (Å²) in [6, 6.07) is 14.8. The summed E-state index contributed by atoms with van der Waals surface area (Å²) in [7, 11) is 1.70. The third-order valence-electron chi connectivity index (χ3n) is 6.55. The Morgan fingerprint density at radius 1 is 1.23 bits per heavy atom. The van der Waals surface area contributed by atoms with Crippen LogP contribution in [0.4, 0.5) is 4.39 Å². The summed E-state index contributed by atoms with van der Waals surface area (Å²) in [5.41, 5.74) is 1.54. The Kier molecular flexibility index (Phi) is 7.71. The Labute approximate surface area is 185 Å². The van der Waals surface area contributed by atoms with Crippen molar-refractivity contribution >= 4 is 5.91 Å². The molecule has 2 atom stereocenters. The van der Waals surface area contributed by atoms with Gasteiger partial charge in [0.2, 0.25) is 5.91 Å². The molecule has 0 aromatic heterocycles. The molecule has 0 spiro atoms. The topological polar surface area (TPSA) is 38.8 Å². The van der Waals surface area contributed by atoms with Crippen LogP contribution in [0.15, 0.2) is 48.5 Å². The molecule has 0 radical (unpaired) electrons. The number of carbonyl (C=O) groups excluding carboxylic acids is 1. The molecule has 1 fully saturated rings. The van der Waals surface area contributed by atoms with Gasteiger partial charge in [-0.2, -0.15) is 0 Å². The largest absolute Gasteiger partial charge is 0.496 e. The van der Waals surface area contributed by atoms with Crippen LogP contribution in [-0.4, -0.2) is 37.2 Å². The van der Waals surface area contributed by atoms with Gasteiger partial charge in [-0.25, -0.2) is 4.39 Å². The van der Waals surface area contributed by atoms with Crippen molar-refractivity contribution in [2.75, 3.05) is 20.3 Å². The molecule has 1 heterocycles. The fourth-order valence-corrected chi connectivity index (χ4v) is 4.60. The maximum Gasteiger partial charge on any atom is 0.219 e. The first-order valence-electron chi connectivity index (χ1n) is 11.1. The average Bonchev–Trinajstić information content (AvgIpc) is 2.77. The molecule has 1 aliphatic heterocycles. The van der Waals surface area contributed by atoms with Gasteiger partial charge in [0.05, 0.1) is 13.2 Å². The monoisotopic (exact) mass is 427 g/mol. The number of amides is 1. The molecule has 1 saturated heterocycles. The third-order valence-corrected chi connectivity index (χ3v) is 6.55. The van der Waals surface area contributed by atoms with Gasteiger partial charge >= 0.3 is 0 Å². The Hall–Kier alpha value is -2.40. The van der Waals surface area contributed by atoms with Gasteiger partial charge in [-0.05, 0) is 37.3 Å². The number of nitrogens with zero attached hydrogens (tertiary/aromatic N) is 1. The predicted molar refractivity (Wildman–Crippen MR) is 121 cm³/mol. The predicted octanol–water partition coefficient (Wildman–Crippen LogP) is 5.35. The van der Waals surface area contributed by atoms with Crippen molar-refractivity contribution in [3.05, 3.63) is 65.5 Å². The van der Waals surface area contributed by atoms with E-state index in [1.807, 2.05) is 18.2 Å². The van der Waals surface area contributed by atoms with E-state index in [-0.39, 0.29) is 29.8 Å². The Bertz CT molecular complexity index is 884. The molecule has 3 rings (SSSR count). The van der Waals surface area contributed by atoms with Crippen LogP contribution in [0.25, 0.3) is 0 Å². The van der Waals surface area contributed by atoms with Gasteiger partial charge < -0.3 is 14.4 Å². The van der Waals surface area contributed by atoms with E-state index in [2.05, 4.69) is 19.9 Å². The third kappa shape index (κ3) is 5.45. The van der Waals surface area contributed by atoms with Gasteiger partial charge in [-0.3, -0.25) is 4.79 Å². The molecule has 4 nitrogen and oxygen atoms in total. The highest BCUT2D eigenvalue weighted by Gasteiger charge is 2.41. The molecular formula is C26H34FNO3. The minimum atomic E-state index is -0.279. The van der Waals surface area contributed by atoms with Crippen LogP contribution in [0.1, 0.15) is 51.2 Å². The first-order valence-corrected chi connectivity index (χ1v) is 11.1. The lowest BCUT2D eigenvalue weighted by Gasteiger charge is -2.44. The summed E-state index contributed by atoms with van der Waals surface area (Å²) in [6.07, 6.45) is 2.66. The van der Waals surface area contributed by atoms with Crippen LogP contribution >= 0.6 is 0 Å². The summed E-state index contributed by atoms with van der Waals surface area (Å²) < 4.78 is 26.0. The second kappa shape index (κ2) is 10.3. The van der Waals surface area contributed by atoms with E-state index >= 15 is 0 Å². The van der Waals surface area contributed by atoms with Crippen molar-refractivity contribution in [3.63, 3.8) is 0 Å². The molecule has 5 heteroatoms. The van der Waals surface area contributed by atoms with Crippen LogP contribution < -0.4 is 4.74 Å². The zero-order valence-corrected chi connectivity index (χ0v) is 19.1. The Morgan fingerprint density at radius 2 is 1.94 bits per heavy atom. The fourth-order valence-electron chi connectivity index (χ4n) is 4.60. The van der Waals surface area contributed by atoms with E-state index in [0.29, 0.717) is 24.6 Å². The van der Waals surface area contributed by atoms with E-state index in [4.69, 9.17) is 9.47 Å². The molecule has 1 aliphatic rings. The molecule has 2 aromatic carbocycles. The lowest BCUT2D eigenvalue weighted by atomic mass is 9.68. The van der Waals surface area contributed by atoms with Gasteiger partial charge in [0, 0.05) is 43.2 Å². The maximum absolute atomic E-state index is 14.2. The number of para-hydroxylation sites is 1. The van der Waals surface area contributed by atoms with E-state index in [0.717, 1.165) is 25.0 Å². The zero-order valence-electron chi connectivity index (χ0n) is 19.1. The highest BCUT2D eigenvalue weighted by Crippen LogP contribution is 2.45. The van der Waals surface area contributed by atoms with Gasteiger partial charge in [0.25, 0.3) is 0 Å². The van der Waals surface area contributed by atoms with Crippen molar-refractivity contribution in [1.29, 1.82) is 0 Å². The fraction of sp³-hybridized carbons (Fsp3) is 0.500. The second-order valence-electron chi connectivity index (χ2n) is 8.87. The SMILES string of the molecule is COc1ccccc1[C@]1(CCN(Cc2ccccc2F)C(C)=O)CCO[C@@H](C(C)C)C1. The number of methoxy groups -OCH3 is 1. The lowest BCUT2D eigenvalue weighted by molar-refractivity contribution is -0.130. The van der Waals surface area contributed by atoms with Crippen molar-refractivity contribution in [2.24, 2.45) is 5.92 Å². The Morgan fingerprint density at radius 3 is 2.61 bits per heavy atom. The van der Waals surface area contributed by atoms with E-state index in [9.17, 15) is 9.18 Å². The molecule has 1 amide bonds. The van der Waals surface area contributed by atoms with Crippen LogP contribution in [0.3, 0.4) is 0 Å². The maximum atomic E-state index is 14.2. The molecule has 0 unspecified atom stereocenters. The Balaban J connectivity index is 1.89. The quantitative estimate of drug-likeness (QED) is 0.570. The first kappa shape index (κ1) is 23.3. The smallest absolute Gasteiger partial charge is 0.219 e. The molecule has 31 heavy (non-hydrogen) atoms. The highest BCUT2D eigenvalue weighted by molar-refractivity contribution is 5.73. The number of ether oxygens (including phenoxy) is 2. The minimum Gasteiger partial charge on any atom is -0.496 e. The van der Waals surface area contributed by atoms with E-state index in [1.165, 1.54) is 11.6 Å². The summed E-state index contributed by atoms with van der Waals surface area (Å²) in [5, 5.41) is 0. The van der Waals surface area contributed by atoms with E-state index < -0.39 is 0 Å². The van der Waals surface area contributed by atoms with Gasteiger partial charge in [-0.1, -0.05) is 50.2 Å². The average molecular weight is 428 g/mol. The minimum absolute atomic E-state index is 0.0501. The second-order valence-corrected chi connectivity index (χ2v) is 8.87. The number of benzene rings is 2. The first-order chi connectivity index (χ1) is 14.9. The standard InChI is InChI=1S/C26H34FNO3/c1-19(2)25-17-26(14-16-31-25,22-10-6-8-12-24(22)30-4)13-15-28(20(3)29)18-21-9-5-7-11-23(21)27/h5-12,19,25H,13-18H2,1-4H3/t25-,26-/m1/s1.